The second-order valence-electron chi connectivity index (χ2n) is 3.02. The summed E-state index contributed by atoms with van der Waals surface area (Å²) in [4.78, 5) is 4.85. The monoisotopic (exact) mass is 214 g/mol. The van der Waals surface area contributed by atoms with Gasteiger partial charge < -0.3 is 17.3 Å². The maximum atomic E-state index is 5.30. The second-order valence-corrected chi connectivity index (χ2v) is 3.02. The fourth-order valence-electron chi connectivity index (χ4n) is 1.01. The van der Waals surface area contributed by atoms with Gasteiger partial charge in [-0.3, -0.25) is 11.5 Å². The van der Waals surface area contributed by atoms with E-state index in [4.69, 9.17) is 11.5 Å². The molecule has 0 fully saturated rings. The van der Waals surface area contributed by atoms with Crippen molar-refractivity contribution in [1.82, 2.24) is 0 Å². The summed E-state index contributed by atoms with van der Waals surface area (Å²) in [5.74, 6) is 0.206. The molecule has 0 bridgehead atoms. The molecule has 0 amide bonds. The van der Waals surface area contributed by atoms with Gasteiger partial charge >= 0.3 is 5.96 Å². The number of rotatable bonds is 2. The van der Waals surface area contributed by atoms with Crippen LogP contribution in [0.3, 0.4) is 0 Å². The first kappa shape index (κ1) is 12.6. The Kier molecular flexibility index (Phi) is 4.80. The molecule has 0 aliphatic rings. The highest BCUT2D eigenvalue weighted by molar-refractivity contribution is 5.70. The Morgan fingerprint density at radius 2 is 1.64 bits per heavy atom. The van der Waals surface area contributed by atoms with Gasteiger partial charge in [-0.05, 0) is 24.3 Å². The number of anilines is 1. The molecule has 78 valence electrons. The van der Waals surface area contributed by atoms with Crippen molar-refractivity contribution in [3.8, 4) is 0 Å². The molecular weight excluding hydrogens is 200 g/mol. The lowest BCUT2D eigenvalue weighted by Gasteiger charge is -2.11. The minimum atomic E-state index is 0. The van der Waals surface area contributed by atoms with Crippen molar-refractivity contribution in [2.45, 2.75) is 0 Å². The van der Waals surface area contributed by atoms with Gasteiger partial charge in [0.25, 0.3) is 0 Å². The summed E-state index contributed by atoms with van der Waals surface area (Å²) in [6.07, 6.45) is 0. The van der Waals surface area contributed by atoms with E-state index in [1.165, 1.54) is 0 Å². The van der Waals surface area contributed by atoms with Crippen molar-refractivity contribution < 1.29 is 17.4 Å². The average Bonchev–Trinajstić information content (AvgIpc) is 2.04. The Labute approximate surface area is 90.0 Å². The Balaban J connectivity index is 0.00000169. The van der Waals surface area contributed by atoms with Crippen molar-refractivity contribution in [3.05, 3.63) is 24.3 Å². The molecule has 4 nitrogen and oxygen atoms in total. The molecule has 0 aliphatic heterocycles. The SMILES string of the molecule is CN(C)c1ccc([NH+]=C(N)N)cc1.[Cl-]. The third kappa shape index (κ3) is 3.53. The highest BCUT2D eigenvalue weighted by Crippen LogP contribution is 2.11. The summed E-state index contributed by atoms with van der Waals surface area (Å²) in [7, 11) is 3.98. The number of hydrogen-bond donors (Lipinski definition) is 3. The lowest BCUT2D eigenvalue weighted by Crippen LogP contribution is -3.00. The summed E-state index contributed by atoms with van der Waals surface area (Å²) < 4.78 is 0. The number of halogens is 1. The maximum absolute atomic E-state index is 5.30. The van der Waals surface area contributed by atoms with Gasteiger partial charge in [0.15, 0.2) is 0 Å². The summed E-state index contributed by atoms with van der Waals surface area (Å²) in [6.45, 7) is 0. The topological polar surface area (TPSA) is 69.2 Å². The van der Waals surface area contributed by atoms with E-state index < -0.39 is 0 Å². The van der Waals surface area contributed by atoms with Crippen LogP contribution in [0.5, 0.6) is 0 Å². The lowest BCUT2D eigenvalue weighted by molar-refractivity contribution is -0.356. The van der Waals surface area contributed by atoms with Gasteiger partial charge in [0, 0.05) is 19.8 Å². The standard InChI is InChI=1S/C9H14N4.ClH/c1-13(2)8-5-3-7(4-6-8)12-9(10)11;/h3-6H,1-2H3,(H4,10,11,12);1H. The van der Waals surface area contributed by atoms with Crippen molar-refractivity contribution >= 4 is 17.3 Å². The molecule has 0 aliphatic carbocycles. The molecule has 1 aromatic rings. The molecular formula is C9H15ClN4. The van der Waals surface area contributed by atoms with E-state index in [2.05, 4.69) is 4.99 Å². The van der Waals surface area contributed by atoms with Gasteiger partial charge in [0.2, 0.25) is 0 Å². The molecule has 5 heteroatoms. The summed E-state index contributed by atoms with van der Waals surface area (Å²) in [5, 5.41) is 0. The zero-order chi connectivity index (χ0) is 9.84. The van der Waals surface area contributed by atoms with Gasteiger partial charge in [-0.1, -0.05) is 0 Å². The first-order chi connectivity index (χ1) is 6.09. The predicted octanol–water partition coefficient (Wildman–Crippen LogP) is -4.26. The molecule has 14 heavy (non-hydrogen) atoms. The highest BCUT2D eigenvalue weighted by atomic mass is 35.5. The van der Waals surface area contributed by atoms with Crippen LogP contribution in [0, 0.1) is 0 Å². The van der Waals surface area contributed by atoms with Crippen LogP contribution >= 0.6 is 0 Å². The van der Waals surface area contributed by atoms with E-state index in [9.17, 15) is 0 Å². The minimum absolute atomic E-state index is 0. The van der Waals surface area contributed by atoms with Gasteiger partial charge in [0.1, 0.15) is 0 Å². The van der Waals surface area contributed by atoms with Crippen LogP contribution in [0.25, 0.3) is 0 Å². The van der Waals surface area contributed by atoms with Gasteiger partial charge in [-0.15, -0.1) is 0 Å². The van der Waals surface area contributed by atoms with E-state index in [1.807, 2.05) is 43.3 Å². The Morgan fingerprint density at radius 1 is 1.14 bits per heavy atom. The largest absolute Gasteiger partial charge is 1.00 e. The maximum Gasteiger partial charge on any atom is 0.343 e. The molecule has 0 radical (unpaired) electrons. The number of nitrogens with two attached hydrogens (primary N) is 2. The van der Waals surface area contributed by atoms with Crippen molar-refractivity contribution in [2.75, 3.05) is 19.0 Å². The van der Waals surface area contributed by atoms with Crippen LogP contribution < -0.4 is 33.8 Å². The average molecular weight is 215 g/mol. The first-order valence-corrected chi connectivity index (χ1v) is 4.02. The van der Waals surface area contributed by atoms with E-state index in [-0.39, 0.29) is 18.4 Å². The molecule has 0 saturated carbocycles. The smallest absolute Gasteiger partial charge is 0.343 e. The van der Waals surface area contributed by atoms with Gasteiger partial charge in [0.05, 0.1) is 5.69 Å². The highest BCUT2D eigenvalue weighted by Gasteiger charge is 1.95. The Bertz CT molecular complexity index is 301. The van der Waals surface area contributed by atoms with Crippen LogP contribution in [-0.2, 0) is 0 Å². The van der Waals surface area contributed by atoms with Crippen LogP contribution in [0.2, 0.25) is 0 Å². The molecule has 0 aromatic heterocycles. The van der Waals surface area contributed by atoms with E-state index in [0.29, 0.717) is 0 Å². The number of hydrogen-bond acceptors (Lipinski definition) is 1. The van der Waals surface area contributed by atoms with Crippen molar-refractivity contribution in [3.63, 3.8) is 0 Å². The second kappa shape index (κ2) is 5.34. The van der Waals surface area contributed by atoms with Crippen molar-refractivity contribution in [2.24, 2.45) is 11.5 Å². The number of nitrogens with zero attached hydrogens (tertiary/aromatic N) is 1. The van der Waals surface area contributed by atoms with Crippen LogP contribution in [0.1, 0.15) is 0 Å². The zero-order valence-electron chi connectivity index (χ0n) is 8.29. The summed E-state index contributed by atoms with van der Waals surface area (Å²) >= 11 is 0. The fraction of sp³-hybridized carbons (Fsp3) is 0.222. The Hall–Kier alpha value is -1.42. The van der Waals surface area contributed by atoms with E-state index in [1.54, 1.807) is 0 Å². The van der Waals surface area contributed by atoms with Gasteiger partial charge in [-0.2, -0.15) is 0 Å². The molecule has 0 saturated heterocycles. The van der Waals surface area contributed by atoms with Crippen LogP contribution in [0.4, 0.5) is 11.4 Å². The van der Waals surface area contributed by atoms with Crippen LogP contribution in [-0.4, -0.2) is 20.1 Å². The Morgan fingerprint density at radius 3 is 2.00 bits per heavy atom. The van der Waals surface area contributed by atoms with Crippen molar-refractivity contribution in [1.29, 1.82) is 0 Å². The minimum Gasteiger partial charge on any atom is -1.00 e. The number of nitrogens with one attached hydrogen (secondary N) is 1. The molecule has 0 atom stereocenters. The third-order valence-electron chi connectivity index (χ3n) is 1.67. The normalized spacial score (nSPS) is 8.71. The van der Waals surface area contributed by atoms with Crippen LogP contribution in [0.15, 0.2) is 24.3 Å². The molecule has 1 aromatic carbocycles. The summed E-state index contributed by atoms with van der Waals surface area (Å²) in [5.41, 5.74) is 12.6. The van der Waals surface area contributed by atoms with E-state index >= 15 is 0 Å². The third-order valence-corrected chi connectivity index (χ3v) is 1.67. The quantitative estimate of drug-likeness (QED) is 0.345. The predicted molar refractivity (Wildman–Crippen MR) is 54.8 cm³/mol. The molecule has 0 spiro atoms. The molecule has 1 rings (SSSR count). The first-order valence-electron chi connectivity index (χ1n) is 4.02. The number of benzene rings is 1. The fourth-order valence-corrected chi connectivity index (χ4v) is 1.01. The van der Waals surface area contributed by atoms with Gasteiger partial charge in [-0.25, -0.2) is 4.99 Å². The zero-order valence-corrected chi connectivity index (χ0v) is 9.05. The van der Waals surface area contributed by atoms with E-state index in [0.717, 1.165) is 11.4 Å². The lowest BCUT2D eigenvalue weighted by atomic mass is 10.3. The number of guanidine groups is 1. The molecule has 5 N–H and O–H groups in total. The molecule has 0 unspecified atom stereocenters. The molecule has 0 heterocycles. The summed E-state index contributed by atoms with van der Waals surface area (Å²) in [6, 6.07) is 7.83.